The minimum Gasteiger partial charge on any atom is -0.372 e. The lowest BCUT2D eigenvalue weighted by molar-refractivity contribution is -0.116. The van der Waals surface area contributed by atoms with Crippen LogP contribution in [0.4, 0.5) is 11.5 Å². The molecule has 26 heavy (non-hydrogen) atoms. The zero-order valence-electron chi connectivity index (χ0n) is 15.8. The van der Waals surface area contributed by atoms with E-state index in [9.17, 15) is 4.79 Å². The summed E-state index contributed by atoms with van der Waals surface area (Å²) in [6, 6.07) is 6.76. The molecule has 1 atom stereocenters. The van der Waals surface area contributed by atoms with Crippen molar-refractivity contribution in [2.45, 2.75) is 58.3 Å². The van der Waals surface area contributed by atoms with Gasteiger partial charge in [-0.05, 0) is 55.9 Å². The normalized spacial score (nSPS) is 20.0. The van der Waals surface area contributed by atoms with E-state index in [1.165, 1.54) is 41.6 Å². The topological polar surface area (TPSA) is 61.0 Å². The highest BCUT2D eigenvalue weighted by atomic mass is 16.1. The van der Waals surface area contributed by atoms with Crippen LogP contribution in [0.25, 0.3) is 0 Å². The Bertz CT molecular complexity index is 804. The van der Waals surface area contributed by atoms with E-state index >= 15 is 0 Å². The van der Waals surface area contributed by atoms with Gasteiger partial charge in [-0.3, -0.25) is 9.89 Å². The summed E-state index contributed by atoms with van der Waals surface area (Å²) in [5.41, 5.74) is 6.17. The van der Waals surface area contributed by atoms with Gasteiger partial charge in [0.05, 0.1) is 0 Å². The Hall–Kier alpha value is -2.30. The first-order valence-corrected chi connectivity index (χ1v) is 9.90. The number of piperidine rings is 1. The minimum absolute atomic E-state index is 0.0524. The van der Waals surface area contributed by atoms with Crippen LogP contribution in [0.15, 0.2) is 18.2 Å². The number of hydrogen-bond acceptors (Lipinski definition) is 3. The molecule has 0 spiro atoms. The van der Waals surface area contributed by atoms with Crippen molar-refractivity contribution in [2.75, 3.05) is 23.3 Å². The summed E-state index contributed by atoms with van der Waals surface area (Å²) in [6.07, 6.45) is 6.41. The van der Waals surface area contributed by atoms with Crippen LogP contribution in [-0.2, 0) is 11.2 Å². The lowest BCUT2D eigenvalue weighted by atomic mass is 9.83. The summed E-state index contributed by atoms with van der Waals surface area (Å²) >= 11 is 0. The van der Waals surface area contributed by atoms with Crippen molar-refractivity contribution in [3.8, 4) is 0 Å². The molecule has 2 aliphatic heterocycles. The molecule has 1 saturated heterocycles. The molecule has 2 aliphatic rings. The number of aryl methyl sites for hydroxylation is 2. The van der Waals surface area contributed by atoms with E-state index in [4.69, 9.17) is 0 Å². The third-order valence-corrected chi connectivity index (χ3v) is 5.73. The van der Waals surface area contributed by atoms with E-state index in [1.54, 1.807) is 0 Å². The van der Waals surface area contributed by atoms with E-state index in [1.807, 2.05) is 0 Å². The van der Waals surface area contributed by atoms with Crippen LogP contribution in [0.1, 0.15) is 67.3 Å². The molecule has 1 aromatic carbocycles. The molecule has 0 aliphatic carbocycles. The average Bonchev–Trinajstić information content (AvgIpc) is 3.05. The highest BCUT2D eigenvalue weighted by molar-refractivity contribution is 5.94. The third-order valence-electron chi connectivity index (χ3n) is 5.73. The summed E-state index contributed by atoms with van der Waals surface area (Å²) in [7, 11) is 0. The van der Waals surface area contributed by atoms with Gasteiger partial charge in [0, 0.05) is 42.4 Å². The molecule has 1 unspecified atom stereocenters. The van der Waals surface area contributed by atoms with Gasteiger partial charge in [0.2, 0.25) is 5.91 Å². The smallest absolute Gasteiger partial charge is 0.226 e. The van der Waals surface area contributed by atoms with Gasteiger partial charge in [-0.2, -0.15) is 5.10 Å². The second kappa shape index (κ2) is 7.14. The number of nitrogens with one attached hydrogen (secondary N) is 2. The Kier molecular flexibility index (Phi) is 4.70. The fourth-order valence-corrected chi connectivity index (χ4v) is 4.43. The summed E-state index contributed by atoms with van der Waals surface area (Å²) in [6.45, 7) is 6.64. The lowest BCUT2D eigenvalue weighted by Crippen LogP contribution is -2.29. The van der Waals surface area contributed by atoms with E-state index in [0.717, 1.165) is 31.6 Å². The fraction of sp³-hybridized carbons (Fsp3) is 0.524. The number of aromatic nitrogens is 2. The van der Waals surface area contributed by atoms with Crippen molar-refractivity contribution in [3.63, 3.8) is 0 Å². The van der Waals surface area contributed by atoms with Crippen LogP contribution < -0.4 is 10.2 Å². The predicted octanol–water partition coefficient (Wildman–Crippen LogP) is 4.14. The molecule has 3 heterocycles. The van der Waals surface area contributed by atoms with Gasteiger partial charge in [0.15, 0.2) is 5.82 Å². The van der Waals surface area contributed by atoms with Gasteiger partial charge < -0.3 is 10.2 Å². The van der Waals surface area contributed by atoms with Crippen LogP contribution in [0.5, 0.6) is 0 Å². The number of fused-ring (bicyclic) bond motifs is 1. The maximum absolute atomic E-state index is 12.2. The Labute approximate surface area is 155 Å². The maximum atomic E-state index is 12.2. The average molecular weight is 352 g/mol. The molecule has 2 aromatic rings. The molecular weight excluding hydrogens is 324 g/mol. The molecule has 0 saturated carbocycles. The first kappa shape index (κ1) is 17.1. The molecule has 1 fully saturated rings. The first-order valence-electron chi connectivity index (χ1n) is 9.90. The van der Waals surface area contributed by atoms with Crippen molar-refractivity contribution in [3.05, 3.63) is 40.6 Å². The van der Waals surface area contributed by atoms with Gasteiger partial charge in [-0.1, -0.05) is 19.4 Å². The largest absolute Gasteiger partial charge is 0.372 e. The molecule has 2 N–H and O–H groups in total. The van der Waals surface area contributed by atoms with Crippen LogP contribution in [0, 0.1) is 6.92 Å². The molecule has 138 valence electrons. The van der Waals surface area contributed by atoms with Crippen molar-refractivity contribution in [2.24, 2.45) is 0 Å². The second-order valence-electron chi connectivity index (χ2n) is 7.61. The first-order chi connectivity index (χ1) is 12.7. The number of carbonyl (C=O) groups is 1. The molecule has 4 rings (SSSR count). The van der Waals surface area contributed by atoms with E-state index in [-0.39, 0.29) is 11.8 Å². The number of rotatable bonds is 4. The third kappa shape index (κ3) is 3.11. The number of H-pyrrole nitrogens is 1. The van der Waals surface area contributed by atoms with E-state index in [2.05, 4.69) is 52.5 Å². The molecular formula is C21H28N4O. The predicted molar refractivity (Wildman–Crippen MR) is 105 cm³/mol. The standard InChI is InChI=1S/C21H28N4O/c1-3-7-18-20-17(13-19(26)22-21(20)24-23-18)16-9-8-15(12-14(16)2)25-10-5-4-6-11-25/h8-9,12,17H,3-7,10-11,13H2,1-2H3,(H2,22,23,24,26). The summed E-state index contributed by atoms with van der Waals surface area (Å²) in [5, 5.41) is 10.4. The van der Waals surface area contributed by atoms with Crippen LogP contribution in [0.3, 0.4) is 0 Å². The highest BCUT2D eigenvalue weighted by Gasteiger charge is 2.32. The Morgan fingerprint density at radius 2 is 2.04 bits per heavy atom. The van der Waals surface area contributed by atoms with Gasteiger partial charge in [0.1, 0.15) is 0 Å². The number of hydrogen-bond donors (Lipinski definition) is 2. The number of nitrogens with zero attached hydrogens (tertiary/aromatic N) is 2. The molecule has 0 bridgehead atoms. The number of anilines is 2. The van der Waals surface area contributed by atoms with Gasteiger partial charge in [0.25, 0.3) is 0 Å². The Morgan fingerprint density at radius 3 is 2.77 bits per heavy atom. The van der Waals surface area contributed by atoms with Crippen molar-refractivity contribution >= 4 is 17.4 Å². The van der Waals surface area contributed by atoms with Crippen molar-refractivity contribution in [1.82, 2.24) is 10.2 Å². The monoisotopic (exact) mass is 352 g/mol. The van der Waals surface area contributed by atoms with Crippen LogP contribution in [0.2, 0.25) is 0 Å². The summed E-state index contributed by atoms with van der Waals surface area (Å²) in [4.78, 5) is 14.7. The molecule has 1 amide bonds. The molecule has 1 aromatic heterocycles. The summed E-state index contributed by atoms with van der Waals surface area (Å²) < 4.78 is 0. The number of benzene rings is 1. The zero-order chi connectivity index (χ0) is 18.1. The van der Waals surface area contributed by atoms with Crippen LogP contribution >= 0.6 is 0 Å². The Morgan fingerprint density at radius 1 is 1.23 bits per heavy atom. The number of amides is 1. The van der Waals surface area contributed by atoms with Gasteiger partial charge in [-0.25, -0.2) is 0 Å². The van der Waals surface area contributed by atoms with Crippen molar-refractivity contribution < 1.29 is 4.79 Å². The lowest BCUT2D eigenvalue weighted by Gasteiger charge is -2.30. The van der Waals surface area contributed by atoms with Crippen molar-refractivity contribution in [1.29, 1.82) is 0 Å². The molecule has 5 nitrogen and oxygen atoms in total. The van der Waals surface area contributed by atoms with Crippen LogP contribution in [-0.4, -0.2) is 29.2 Å². The quantitative estimate of drug-likeness (QED) is 0.869. The summed E-state index contributed by atoms with van der Waals surface area (Å²) in [5.74, 6) is 0.861. The number of aromatic amines is 1. The fourth-order valence-electron chi connectivity index (χ4n) is 4.43. The van der Waals surface area contributed by atoms with Gasteiger partial charge in [-0.15, -0.1) is 0 Å². The Balaban J connectivity index is 1.69. The second-order valence-corrected chi connectivity index (χ2v) is 7.61. The molecule has 5 heteroatoms. The zero-order valence-corrected chi connectivity index (χ0v) is 15.8. The van der Waals surface area contributed by atoms with E-state index in [0.29, 0.717) is 12.2 Å². The van der Waals surface area contributed by atoms with E-state index < -0.39 is 0 Å². The molecule has 0 radical (unpaired) electrons. The highest BCUT2D eigenvalue weighted by Crippen LogP contribution is 2.40. The van der Waals surface area contributed by atoms with Gasteiger partial charge >= 0.3 is 0 Å². The SMILES string of the molecule is CCCc1[nH]nc2c1C(c1ccc(N3CCCCC3)cc1C)CC(=O)N2. The maximum Gasteiger partial charge on any atom is 0.226 e. The minimum atomic E-state index is 0.0524. The number of carbonyl (C=O) groups excluding carboxylic acids is 1.